The summed E-state index contributed by atoms with van der Waals surface area (Å²) in [5, 5.41) is 7.33. The maximum absolute atomic E-state index is 6.46. The van der Waals surface area contributed by atoms with Crippen LogP contribution in [-0.2, 0) is 0 Å². The highest BCUT2D eigenvalue weighted by Crippen LogP contribution is 2.47. The highest BCUT2D eigenvalue weighted by molar-refractivity contribution is 7.26. The van der Waals surface area contributed by atoms with E-state index in [9.17, 15) is 0 Å². The number of para-hydroxylation sites is 2. The predicted molar refractivity (Wildman–Crippen MR) is 235 cm³/mol. The Morgan fingerprint density at radius 2 is 0.964 bits per heavy atom. The molecular weight excluding hydrogens is 687 g/mol. The number of thiophene rings is 1. The third kappa shape index (κ3) is 5.24. The quantitative estimate of drug-likeness (QED) is 0.170. The molecule has 0 fully saturated rings. The van der Waals surface area contributed by atoms with Crippen LogP contribution in [0.25, 0.3) is 86.3 Å². The van der Waals surface area contributed by atoms with Gasteiger partial charge >= 0.3 is 0 Å². The number of furan rings is 1. The summed E-state index contributed by atoms with van der Waals surface area (Å²) in [5.74, 6) is 0. The van der Waals surface area contributed by atoms with Gasteiger partial charge in [-0.1, -0.05) is 152 Å². The lowest BCUT2D eigenvalue weighted by Crippen LogP contribution is -2.11. The molecule has 3 heteroatoms. The molecule has 0 aliphatic carbocycles. The molecule has 0 atom stereocenters. The SMILES string of the molecule is c1ccc(-c2cccc3ccccc23)c(-c2ccc(N(c3ccc4c(c3)oc3ccccc34)c3ccccc3-c3cccc4c3sc3ccccc34)cc2)c1. The summed E-state index contributed by atoms with van der Waals surface area (Å²) in [7, 11) is 0. The van der Waals surface area contributed by atoms with E-state index < -0.39 is 0 Å². The summed E-state index contributed by atoms with van der Waals surface area (Å²) in [5.41, 5.74) is 12.2. The fraction of sp³-hybridized carbons (Fsp3) is 0. The van der Waals surface area contributed by atoms with E-state index in [4.69, 9.17) is 4.42 Å². The Balaban J connectivity index is 1.09. The van der Waals surface area contributed by atoms with Crippen LogP contribution >= 0.6 is 11.3 Å². The highest BCUT2D eigenvalue weighted by Gasteiger charge is 2.21. The largest absolute Gasteiger partial charge is 0.456 e. The lowest BCUT2D eigenvalue weighted by molar-refractivity contribution is 0.669. The summed E-state index contributed by atoms with van der Waals surface area (Å²) >= 11 is 1.87. The Bertz CT molecular complexity index is 3220. The molecule has 0 saturated carbocycles. The molecule has 2 aromatic heterocycles. The van der Waals surface area contributed by atoms with Gasteiger partial charge < -0.3 is 9.32 Å². The van der Waals surface area contributed by atoms with Gasteiger partial charge in [-0.2, -0.15) is 0 Å². The number of rotatable bonds is 6. The van der Waals surface area contributed by atoms with E-state index in [1.54, 1.807) is 0 Å². The van der Waals surface area contributed by atoms with Crippen molar-refractivity contribution in [3.8, 4) is 33.4 Å². The predicted octanol–water partition coefficient (Wildman–Crippen LogP) is 15.6. The minimum atomic E-state index is 0.869. The zero-order valence-electron chi connectivity index (χ0n) is 29.8. The fourth-order valence-corrected chi connectivity index (χ4v) is 9.59. The first-order valence-corrected chi connectivity index (χ1v) is 19.5. The molecule has 11 aromatic rings. The van der Waals surface area contributed by atoms with Crippen LogP contribution in [0.15, 0.2) is 205 Å². The van der Waals surface area contributed by atoms with Crippen molar-refractivity contribution < 1.29 is 4.42 Å². The number of hydrogen-bond acceptors (Lipinski definition) is 3. The Morgan fingerprint density at radius 1 is 0.364 bits per heavy atom. The zero-order chi connectivity index (χ0) is 36.3. The molecule has 2 heterocycles. The normalized spacial score (nSPS) is 11.6. The fourth-order valence-electron chi connectivity index (χ4n) is 8.36. The van der Waals surface area contributed by atoms with Crippen LogP contribution in [0.1, 0.15) is 0 Å². The van der Waals surface area contributed by atoms with Crippen LogP contribution in [-0.4, -0.2) is 0 Å². The Kier molecular flexibility index (Phi) is 7.39. The molecule has 0 amide bonds. The average molecular weight is 720 g/mol. The molecular formula is C52H33NOS. The van der Waals surface area contributed by atoms with Crippen molar-refractivity contribution in [3.63, 3.8) is 0 Å². The van der Waals surface area contributed by atoms with Gasteiger partial charge in [0.25, 0.3) is 0 Å². The maximum atomic E-state index is 6.46. The molecule has 0 unspecified atom stereocenters. The van der Waals surface area contributed by atoms with Crippen LogP contribution in [0.4, 0.5) is 17.1 Å². The van der Waals surface area contributed by atoms with Crippen LogP contribution in [0.5, 0.6) is 0 Å². The second-order valence-corrected chi connectivity index (χ2v) is 15.1. The van der Waals surface area contributed by atoms with Crippen molar-refractivity contribution in [3.05, 3.63) is 200 Å². The van der Waals surface area contributed by atoms with E-state index in [1.165, 1.54) is 64.3 Å². The Morgan fingerprint density at radius 3 is 1.85 bits per heavy atom. The van der Waals surface area contributed by atoms with Gasteiger partial charge in [0, 0.05) is 59.5 Å². The second kappa shape index (κ2) is 12.9. The minimum Gasteiger partial charge on any atom is -0.456 e. The number of nitrogens with zero attached hydrogens (tertiary/aromatic N) is 1. The summed E-state index contributed by atoms with van der Waals surface area (Å²) in [4.78, 5) is 2.38. The van der Waals surface area contributed by atoms with E-state index >= 15 is 0 Å². The molecule has 2 nitrogen and oxygen atoms in total. The zero-order valence-corrected chi connectivity index (χ0v) is 30.6. The summed E-state index contributed by atoms with van der Waals surface area (Å²) < 4.78 is 9.05. The third-order valence-electron chi connectivity index (χ3n) is 10.9. The van der Waals surface area contributed by atoms with Crippen molar-refractivity contribution in [1.29, 1.82) is 0 Å². The summed E-state index contributed by atoms with van der Waals surface area (Å²) in [6, 6.07) is 72.2. The van der Waals surface area contributed by atoms with Gasteiger partial charge in [0.15, 0.2) is 0 Å². The first-order chi connectivity index (χ1) is 27.3. The average Bonchev–Trinajstić information content (AvgIpc) is 3.82. The topological polar surface area (TPSA) is 16.4 Å². The molecule has 11 rings (SSSR count). The molecule has 0 spiro atoms. The van der Waals surface area contributed by atoms with E-state index in [1.807, 2.05) is 23.5 Å². The first-order valence-electron chi connectivity index (χ1n) is 18.7. The Labute approximate surface area is 322 Å². The van der Waals surface area contributed by atoms with Crippen molar-refractivity contribution in [2.75, 3.05) is 4.90 Å². The van der Waals surface area contributed by atoms with Gasteiger partial charge in [-0.15, -0.1) is 11.3 Å². The van der Waals surface area contributed by atoms with Crippen molar-refractivity contribution in [1.82, 2.24) is 0 Å². The minimum absolute atomic E-state index is 0.869. The van der Waals surface area contributed by atoms with Crippen LogP contribution in [0, 0.1) is 0 Å². The summed E-state index contributed by atoms with van der Waals surface area (Å²) in [6.07, 6.45) is 0. The van der Waals surface area contributed by atoms with Gasteiger partial charge in [-0.25, -0.2) is 0 Å². The van der Waals surface area contributed by atoms with Gasteiger partial charge in [-0.3, -0.25) is 0 Å². The number of hydrogen-bond donors (Lipinski definition) is 0. The standard InChI is InChI=1S/C52H33NOS/c1-2-15-38-34(13-1)14-11-21-41(38)40-17-4-3-16-39(40)35-27-29-36(30-28-35)53(37-31-32-44-43-19-6-9-25-49(43)54-50(44)33-37)48-24-8-5-18-42(48)46-22-12-23-47-45-20-7-10-26-51(45)55-52(46)47/h1-33H. The molecule has 0 N–H and O–H groups in total. The molecule has 0 aliphatic heterocycles. The summed E-state index contributed by atoms with van der Waals surface area (Å²) in [6.45, 7) is 0. The van der Waals surface area contributed by atoms with E-state index in [0.717, 1.165) is 39.0 Å². The molecule has 0 saturated heterocycles. The maximum Gasteiger partial charge on any atom is 0.137 e. The molecule has 0 aliphatic rings. The van der Waals surface area contributed by atoms with Gasteiger partial charge in [0.1, 0.15) is 11.2 Å². The number of anilines is 3. The molecule has 9 aromatic carbocycles. The molecule has 55 heavy (non-hydrogen) atoms. The molecule has 258 valence electrons. The van der Waals surface area contributed by atoms with Crippen LogP contribution < -0.4 is 4.90 Å². The lowest BCUT2D eigenvalue weighted by atomic mass is 9.91. The second-order valence-electron chi connectivity index (χ2n) is 14.0. The van der Waals surface area contributed by atoms with Crippen LogP contribution in [0.2, 0.25) is 0 Å². The third-order valence-corrected chi connectivity index (χ3v) is 12.1. The van der Waals surface area contributed by atoms with Gasteiger partial charge in [0.05, 0.1) is 5.69 Å². The van der Waals surface area contributed by atoms with E-state index in [0.29, 0.717) is 0 Å². The smallest absolute Gasteiger partial charge is 0.137 e. The van der Waals surface area contributed by atoms with E-state index in [2.05, 4.69) is 193 Å². The lowest BCUT2D eigenvalue weighted by Gasteiger charge is -2.28. The van der Waals surface area contributed by atoms with Gasteiger partial charge in [-0.05, 0) is 75.5 Å². The Hall–Kier alpha value is -6.94. The number of fused-ring (bicyclic) bond motifs is 7. The molecule has 0 bridgehead atoms. The number of benzene rings is 9. The highest BCUT2D eigenvalue weighted by atomic mass is 32.1. The van der Waals surface area contributed by atoms with Gasteiger partial charge in [0.2, 0.25) is 0 Å². The van der Waals surface area contributed by atoms with Crippen molar-refractivity contribution in [2.45, 2.75) is 0 Å². The monoisotopic (exact) mass is 719 g/mol. The van der Waals surface area contributed by atoms with E-state index in [-0.39, 0.29) is 0 Å². The van der Waals surface area contributed by atoms with Crippen LogP contribution in [0.3, 0.4) is 0 Å². The molecule has 0 radical (unpaired) electrons. The van der Waals surface area contributed by atoms with Crippen molar-refractivity contribution >= 4 is 81.3 Å². The van der Waals surface area contributed by atoms with Crippen molar-refractivity contribution in [2.24, 2.45) is 0 Å². The first kappa shape index (κ1) is 31.6.